The zero-order chi connectivity index (χ0) is 23.1. The van der Waals surface area contributed by atoms with Crippen LogP contribution in [0.5, 0.6) is 0 Å². The van der Waals surface area contributed by atoms with Crippen LogP contribution in [0, 0.1) is 0 Å². The molecule has 1 amide bonds. The maximum Gasteiger partial charge on any atom is 0.263 e. The topological polar surface area (TPSA) is 61.4 Å². The highest BCUT2D eigenvalue weighted by molar-refractivity contribution is 7.99. The highest BCUT2D eigenvalue weighted by atomic mass is 35.5. The number of fused-ring (bicyclic) bond motifs is 2. The Morgan fingerprint density at radius 2 is 1.91 bits per heavy atom. The summed E-state index contributed by atoms with van der Waals surface area (Å²) in [5.41, 5.74) is 4.61. The summed E-state index contributed by atoms with van der Waals surface area (Å²) in [7, 11) is 0. The number of nitrogens with one attached hydrogen (secondary N) is 1. The molecule has 0 bridgehead atoms. The third-order valence-electron chi connectivity index (χ3n) is 6.00. The van der Waals surface area contributed by atoms with Crippen LogP contribution >= 0.6 is 35.0 Å². The number of benzene rings is 2. The number of amides is 1. The number of carbonyl (C=O) groups excluding carboxylic acids is 1. The number of nitrogens with zero attached hydrogens (tertiary/aromatic N) is 4. The van der Waals surface area contributed by atoms with Gasteiger partial charge in [-0.2, -0.15) is 0 Å². The molecule has 9 heteroatoms. The van der Waals surface area contributed by atoms with Gasteiger partial charge in [-0.1, -0.05) is 47.1 Å². The van der Waals surface area contributed by atoms with Crippen molar-refractivity contribution in [2.75, 3.05) is 22.6 Å². The molecule has 170 valence electrons. The van der Waals surface area contributed by atoms with Gasteiger partial charge in [-0.05, 0) is 55.7 Å². The SMILES string of the molecule is CC(C)N1CCc2ccc(Nc3ncc4c(n3)SCN(c3c(Cl)cccc3Cl)C4=O)cc2C1. The molecule has 3 aromatic rings. The van der Waals surface area contributed by atoms with Gasteiger partial charge in [-0.25, -0.2) is 9.97 Å². The van der Waals surface area contributed by atoms with Crippen molar-refractivity contribution >= 4 is 58.2 Å². The van der Waals surface area contributed by atoms with E-state index in [4.69, 9.17) is 23.2 Å². The Kier molecular flexibility index (Phi) is 6.22. The van der Waals surface area contributed by atoms with E-state index in [1.54, 1.807) is 29.3 Å². The van der Waals surface area contributed by atoms with Gasteiger partial charge >= 0.3 is 0 Å². The monoisotopic (exact) mass is 499 g/mol. The van der Waals surface area contributed by atoms with Crippen LogP contribution in [0.3, 0.4) is 0 Å². The molecule has 0 fully saturated rings. The summed E-state index contributed by atoms with van der Waals surface area (Å²) in [5.74, 6) is 0.623. The Bertz CT molecular complexity index is 1220. The van der Waals surface area contributed by atoms with Gasteiger partial charge in [-0.15, -0.1) is 0 Å². The van der Waals surface area contributed by atoms with E-state index in [1.807, 2.05) is 0 Å². The van der Waals surface area contributed by atoms with Crippen LogP contribution in [0.15, 0.2) is 47.6 Å². The minimum atomic E-state index is -0.215. The first-order valence-electron chi connectivity index (χ1n) is 10.8. The van der Waals surface area contributed by atoms with Crippen LogP contribution < -0.4 is 10.2 Å². The Morgan fingerprint density at radius 1 is 1.12 bits per heavy atom. The van der Waals surface area contributed by atoms with Gasteiger partial charge in [0.2, 0.25) is 5.95 Å². The van der Waals surface area contributed by atoms with Gasteiger partial charge in [0.05, 0.1) is 27.2 Å². The van der Waals surface area contributed by atoms with Crippen LogP contribution in [-0.2, 0) is 13.0 Å². The maximum absolute atomic E-state index is 13.1. The summed E-state index contributed by atoms with van der Waals surface area (Å²) >= 11 is 14.1. The van der Waals surface area contributed by atoms with Crippen molar-refractivity contribution in [3.8, 4) is 0 Å². The van der Waals surface area contributed by atoms with E-state index in [1.165, 1.54) is 22.9 Å². The van der Waals surface area contributed by atoms with Crippen molar-refractivity contribution < 1.29 is 4.79 Å². The van der Waals surface area contributed by atoms with E-state index in [-0.39, 0.29) is 5.91 Å². The van der Waals surface area contributed by atoms with Crippen LogP contribution in [0.4, 0.5) is 17.3 Å². The van der Waals surface area contributed by atoms with Crippen molar-refractivity contribution in [3.05, 3.63) is 69.3 Å². The van der Waals surface area contributed by atoms with Gasteiger partial charge < -0.3 is 5.32 Å². The normalized spacial score (nSPS) is 16.0. The predicted octanol–water partition coefficient (Wildman–Crippen LogP) is 6.00. The molecule has 2 aliphatic heterocycles. The largest absolute Gasteiger partial charge is 0.324 e. The quantitative estimate of drug-likeness (QED) is 0.443. The standard InChI is InChI=1S/C24H23Cl2N5OS/c1-14(2)30-9-8-15-6-7-17(10-16(15)12-30)28-24-27-11-18-22(29-24)33-13-31(23(18)32)21-19(25)4-3-5-20(21)26/h3-7,10-11,14H,8-9,12-13H2,1-2H3,(H,27,28,29). The van der Waals surface area contributed by atoms with Crippen molar-refractivity contribution in [1.82, 2.24) is 14.9 Å². The number of hydrogen-bond donors (Lipinski definition) is 1. The predicted molar refractivity (Wildman–Crippen MR) is 135 cm³/mol. The third-order valence-corrected chi connectivity index (χ3v) is 7.58. The van der Waals surface area contributed by atoms with E-state index < -0.39 is 0 Å². The lowest BCUT2D eigenvalue weighted by molar-refractivity contribution is 0.0985. The minimum absolute atomic E-state index is 0.215. The second-order valence-corrected chi connectivity index (χ2v) is 10.2. The second kappa shape index (κ2) is 9.14. The Labute approximate surface area is 207 Å². The van der Waals surface area contributed by atoms with E-state index in [0.717, 1.165) is 25.2 Å². The van der Waals surface area contributed by atoms with E-state index in [2.05, 4.69) is 52.2 Å². The summed E-state index contributed by atoms with van der Waals surface area (Å²) in [4.78, 5) is 26.2. The number of anilines is 3. The molecule has 3 heterocycles. The summed E-state index contributed by atoms with van der Waals surface area (Å²) in [5, 5.41) is 4.81. The van der Waals surface area contributed by atoms with Crippen molar-refractivity contribution in [2.45, 2.75) is 37.9 Å². The molecule has 0 radical (unpaired) electrons. The molecule has 2 aliphatic rings. The summed E-state index contributed by atoms with van der Waals surface area (Å²) in [6, 6.07) is 12.1. The van der Waals surface area contributed by atoms with Crippen LogP contribution in [0.2, 0.25) is 10.0 Å². The molecule has 1 aromatic heterocycles. The first-order chi connectivity index (χ1) is 15.9. The average Bonchev–Trinajstić information content (AvgIpc) is 2.80. The summed E-state index contributed by atoms with van der Waals surface area (Å²) in [6.07, 6.45) is 2.63. The lowest BCUT2D eigenvalue weighted by Crippen LogP contribution is -2.35. The number of rotatable bonds is 4. The number of thioether (sulfide) groups is 1. The van der Waals surface area contributed by atoms with Gasteiger partial charge in [0.25, 0.3) is 5.91 Å². The molecule has 6 nitrogen and oxygen atoms in total. The van der Waals surface area contributed by atoms with Crippen LogP contribution in [0.1, 0.15) is 35.3 Å². The van der Waals surface area contributed by atoms with Crippen LogP contribution in [0.25, 0.3) is 0 Å². The molecular formula is C24H23Cl2N5OS. The van der Waals surface area contributed by atoms with Gasteiger partial charge in [-0.3, -0.25) is 14.6 Å². The molecule has 0 spiro atoms. The highest BCUT2D eigenvalue weighted by Gasteiger charge is 2.30. The lowest BCUT2D eigenvalue weighted by Gasteiger charge is -2.32. The fourth-order valence-electron chi connectivity index (χ4n) is 4.15. The molecule has 0 aliphatic carbocycles. The Balaban J connectivity index is 1.36. The van der Waals surface area contributed by atoms with Gasteiger partial charge in [0, 0.05) is 31.0 Å². The first-order valence-corrected chi connectivity index (χ1v) is 12.5. The van der Waals surface area contributed by atoms with Crippen molar-refractivity contribution in [3.63, 3.8) is 0 Å². The zero-order valence-electron chi connectivity index (χ0n) is 18.3. The van der Waals surface area contributed by atoms with Gasteiger partial charge in [0.1, 0.15) is 5.03 Å². The first kappa shape index (κ1) is 22.5. The molecule has 2 aromatic carbocycles. The molecule has 0 saturated heterocycles. The summed E-state index contributed by atoms with van der Waals surface area (Å²) < 4.78 is 0. The average molecular weight is 500 g/mol. The Hall–Kier alpha value is -2.32. The number of halogens is 2. The highest BCUT2D eigenvalue weighted by Crippen LogP contribution is 2.39. The van der Waals surface area contributed by atoms with E-state index >= 15 is 0 Å². The third kappa shape index (κ3) is 4.43. The van der Waals surface area contributed by atoms with E-state index in [0.29, 0.717) is 44.2 Å². The van der Waals surface area contributed by atoms with Crippen molar-refractivity contribution in [2.24, 2.45) is 0 Å². The molecule has 1 N–H and O–H groups in total. The fourth-order valence-corrected chi connectivity index (χ4v) is 5.70. The zero-order valence-corrected chi connectivity index (χ0v) is 20.6. The molecule has 33 heavy (non-hydrogen) atoms. The fraction of sp³-hybridized carbons (Fsp3) is 0.292. The van der Waals surface area contributed by atoms with E-state index in [9.17, 15) is 4.79 Å². The molecule has 0 atom stereocenters. The minimum Gasteiger partial charge on any atom is -0.324 e. The maximum atomic E-state index is 13.1. The molecule has 0 saturated carbocycles. The second-order valence-electron chi connectivity index (χ2n) is 8.41. The number of carbonyl (C=O) groups is 1. The lowest BCUT2D eigenvalue weighted by atomic mass is 9.98. The number of hydrogen-bond acceptors (Lipinski definition) is 6. The number of para-hydroxylation sites is 1. The van der Waals surface area contributed by atoms with Crippen LogP contribution in [-0.4, -0.2) is 39.2 Å². The number of aromatic nitrogens is 2. The smallest absolute Gasteiger partial charge is 0.263 e. The molecular weight excluding hydrogens is 477 g/mol. The molecule has 5 rings (SSSR count). The molecule has 0 unspecified atom stereocenters. The van der Waals surface area contributed by atoms with Crippen molar-refractivity contribution in [1.29, 1.82) is 0 Å². The summed E-state index contributed by atoms with van der Waals surface area (Å²) in [6.45, 7) is 6.49. The Morgan fingerprint density at radius 3 is 2.67 bits per heavy atom. The van der Waals surface area contributed by atoms with Gasteiger partial charge in [0.15, 0.2) is 0 Å².